The lowest BCUT2D eigenvalue weighted by Crippen LogP contribution is -2.39. The summed E-state index contributed by atoms with van der Waals surface area (Å²) in [6.45, 7) is 2.42. The van der Waals surface area contributed by atoms with Crippen LogP contribution < -0.4 is 5.32 Å². The topological polar surface area (TPSA) is 65.1 Å². The van der Waals surface area contributed by atoms with Crippen LogP contribution in [-0.2, 0) is 0 Å². The Morgan fingerprint density at radius 2 is 2.16 bits per heavy atom. The zero-order valence-electron chi connectivity index (χ0n) is 10.7. The number of nitrogens with zero attached hydrogens (tertiary/aromatic N) is 3. The van der Waals surface area contributed by atoms with E-state index in [4.69, 9.17) is 9.68 Å². The number of para-hydroxylation sites is 2. The minimum absolute atomic E-state index is 0.378. The maximum atomic E-state index is 8.67. The molecule has 0 radical (unpaired) electrons. The molecule has 0 saturated carbocycles. The summed E-state index contributed by atoms with van der Waals surface area (Å²) in [7, 11) is 0. The van der Waals surface area contributed by atoms with Gasteiger partial charge in [-0.2, -0.15) is 10.2 Å². The molecule has 1 fully saturated rings. The van der Waals surface area contributed by atoms with Gasteiger partial charge in [-0.1, -0.05) is 12.1 Å². The van der Waals surface area contributed by atoms with Crippen molar-refractivity contribution in [1.82, 2.24) is 9.88 Å². The first-order valence-electron chi connectivity index (χ1n) is 6.56. The monoisotopic (exact) mass is 256 g/mol. The van der Waals surface area contributed by atoms with Crippen LogP contribution in [-0.4, -0.2) is 35.6 Å². The molecule has 1 aliphatic rings. The third-order valence-electron chi connectivity index (χ3n) is 3.50. The van der Waals surface area contributed by atoms with Crippen molar-refractivity contribution in [2.75, 3.05) is 25.0 Å². The van der Waals surface area contributed by atoms with Gasteiger partial charge in [0.1, 0.15) is 5.52 Å². The third kappa shape index (κ3) is 2.69. The van der Waals surface area contributed by atoms with Gasteiger partial charge in [0, 0.05) is 19.1 Å². The van der Waals surface area contributed by atoms with E-state index in [1.807, 2.05) is 24.3 Å². The van der Waals surface area contributed by atoms with Crippen LogP contribution in [0.4, 0.5) is 6.01 Å². The highest BCUT2D eigenvalue weighted by Crippen LogP contribution is 2.21. The number of benzene rings is 1. The highest BCUT2D eigenvalue weighted by Gasteiger charge is 2.20. The fourth-order valence-electron chi connectivity index (χ4n) is 2.44. The van der Waals surface area contributed by atoms with Crippen LogP contribution in [0.25, 0.3) is 11.1 Å². The molecule has 0 unspecified atom stereocenters. The van der Waals surface area contributed by atoms with Crippen LogP contribution in [0.3, 0.4) is 0 Å². The maximum Gasteiger partial charge on any atom is 0.295 e. The summed E-state index contributed by atoms with van der Waals surface area (Å²) in [6.07, 6.45) is 2.03. The maximum absolute atomic E-state index is 8.67. The van der Waals surface area contributed by atoms with Crippen molar-refractivity contribution >= 4 is 17.1 Å². The number of anilines is 1. The van der Waals surface area contributed by atoms with Gasteiger partial charge in [0.05, 0.1) is 12.6 Å². The van der Waals surface area contributed by atoms with Crippen molar-refractivity contribution in [3.8, 4) is 6.07 Å². The summed E-state index contributed by atoms with van der Waals surface area (Å²) >= 11 is 0. The lowest BCUT2D eigenvalue weighted by Gasteiger charge is -2.30. The first kappa shape index (κ1) is 12.0. The van der Waals surface area contributed by atoms with E-state index >= 15 is 0 Å². The van der Waals surface area contributed by atoms with E-state index in [1.54, 1.807) is 0 Å². The number of hydrogen-bond acceptors (Lipinski definition) is 5. The molecule has 1 aromatic heterocycles. The highest BCUT2D eigenvalue weighted by atomic mass is 16.4. The molecule has 0 spiro atoms. The van der Waals surface area contributed by atoms with Crippen molar-refractivity contribution in [2.24, 2.45) is 0 Å². The number of hydrogen-bond donors (Lipinski definition) is 1. The van der Waals surface area contributed by atoms with E-state index < -0.39 is 0 Å². The van der Waals surface area contributed by atoms with Crippen molar-refractivity contribution < 1.29 is 4.42 Å². The fourth-order valence-corrected chi connectivity index (χ4v) is 2.44. The van der Waals surface area contributed by atoms with Crippen molar-refractivity contribution in [3.05, 3.63) is 24.3 Å². The molecular weight excluding hydrogens is 240 g/mol. The van der Waals surface area contributed by atoms with Gasteiger partial charge < -0.3 is 9.73 Å². The van der Waals surface area contributed by atoms with E-state index in [1.165, 1.54) is 0 Å². The first-order valence-corrected chi connectivity index (χ1v) is 6.56. The largest absolute Gasteiger partial charge is 0.424 e. The van der Waals surface area contributed by atoms with Gasteiger partial charge in [0.25, 0.3) is 6.01 Å². The van der Waals surface area contributed by atoms with E-state index in [-0.39, 0.29) is 0 Å². The van der Waals surface area contributed by atoms with Gasteiger partial charge in [0.15, 0.2) is 5.58 Å². The van der Waals surface area contributed by atoms with Crippen molar-refractivity contribution in [3.63, 3.8) is 0 Å². The standard InChI is InChI=1S/C14H16N4O/c15-7-10-18-8-5-11(6-9-18)16-14-17-12-3-1-2-4-13(12)19-14/h1-4,11H,5-6,8-10H2,(H,16,17). The minimum atomic E-state index is 0.378. The molecule has 1 N–H and O–H groups in total. The van der Waals surface area contributed by atoms with Gasteiger partial charge in [-0.05, 0) is 25.0 Å². The van der Waals surface area contributed by atoms with Crippen LogP contribution in [0.5, 0.6) is 0 Å². The van der Waals surface area contributed by atoms with E-state index in [2.05, 4.69) is 21.3 Å². The molecule has 0 bridgehead atoms. The number of likely N-dealkylation sites (tertiary alicyclic amines) is 1. The Balaban J connectivity index is 1.62. The Bertz CT molecular complexity index is 560. The molecule has 0 amide bonds. The van der Waals surface area contributed by atoms with Crippen molar-refractivity contribution in [1.29, 1.82) is 5.26 Å². The Kier molecular flexibility index (Phi) is 3.34. The second kappa shape index (κ2) is 5.29. The fraction of sp³-hybridized carbons (Fsp3) is 0.429. The molecule has 19 heavy (non-hydrogen) atoms. The summed E-state index contributed by atoms with van der Waals surface area (Å²) in [4.78, 5) is 6.59. The summed E-state index contributed by atoms with van der Waals surface area (Å²) < 4.78 is 5.66. The predicted octanol–water partition coefficient (Wildman–Crippen LogP) is 2.23. The van der Waals surface area contributed by atoms with E-state index in [0.29, 0.717) is 18.6 Å². The Morgan fingerprint density at radius 3 is 2.89 bits per heavy atom. The summed E-state index contributed by atoms with van der Waals surface area (Å²) in [6, 6.07) is 10.9. The molecule has 3 rings (SSSR count). The van der Waals surface area contributed by atoms with Crippen molar-refractivity contribution in [2.45, 2.75) is 18.9 Å². The number of piperidine rings is 1. The second-order valence-electron chi connectivity index (χ2n) is 4.84. The smallest absolute Gasteiger partial charge is 0.295 e. The van der Waals surface area contributed by atoms with Crippen LogP contribution in [0, 0.1) is 11.3 Å². The first-order chi connectivity index (χ1) is 9.35. The number of fused-ring (bicyclic) bond motifs is 1. The third-order valence-corrected chi connectivity index (χ3v) is 3.50. The zero-order valence-corrected chi connectivity index (χ0v) is 10.7. The van der Waals surface area contributed by atoms with E-state index in [9.17, 15) is 0 Å². The molecule has 2 heterocycles. The number of oxazole rings is 1. The Morgan fingerprint density at radius 1 is 1.37 bits per heavy atom. The van der Waals surface area contributed by atoms with Gasteiger partial charge in [-0.25, -0.2) is 0 Å². The number of rotatable bonds is 3. The number of aromatic nitrogens is 1. The van der Waals surface area contributed by atoms with E-state index in [0.717, 1.165) is 37.0 Å². The average molecular weight is 256 g/mol. The Hall–Kier alpha value is -2.06. The molecule has 5 heteroatoms. The highest BCUT2D eigenvalue weighted by molar-refractivity contribution is 5.74. The quantitative estimate of drug-likeness (QED) is 0.853. The molecule has 0 atom stereocenters. The molecule has 98 valence electrons. The average Bonchev–Trinajstić information content (AvgIpc) is 2.83. The number of nitrogens with one attached hydrogen (secondary N) is 1. The minimum Gasteiger partial charge on any atom is -0.424 e. The molecule has 1 aliphatic heterocycles. The molecule has 2 aromatic rings. The molecule has 5 nitrogen and oxygen atoms in total. The summed E-state index contributed by atoms with van der Waals surface area (Å²) in [5.74, 6) is 0. The molecule has 1 aromatic carbocycles. The van der Waals surface area contributed by atoms with Gasteiger partial charge >= 0.3 is 0 Å². The second-order valence-corrected chi connectivity index (χ2v) is 4.84. The lowest BCUT2D eigenvalue weighted by atomic mass is 10.1. The SMILES string of the molecule is N#CCN1CCC(Nc2nc3ccccc3o2)CC1. The van der Waals surface area contributed by atoms with Crippen LogP contribution in [0.1, 0.15) is 12.8 Å². The van der Waals surface area contributed by atoms with Gasteiger partial charge in [-0.3, -0.25) is 4.90 Å². The van der Waals surface area contributed by atoms with Gasteiger partial charge in [0.2, 0.25) is 0 Å². The Labute approximate surface area is 111 Å². The summed E-state index contributed by atoms with van der Waals surface area (Å²) in [5, 5.41) is 12.0. The molecule has 1 saturated heterocycles. The summed E-state index contributed by atoms with van der Waals surface area (Å²) in [5.41, 5.74) is 1.69. The molecular formula is C14H16N4O. The zero-order chi connectivity index (χ0) is 13.1. The predicted molar refractivity (Wildman–Crippen MR) is 72.7 cm³/mol. The van der Waals surface area contributed by atoms with Crippen LogP contribution in [0.15, 0.2) is 28.7 Å². The van der Waals surface area contributed by atoms with Crippen LogP contribution in [0.2, 0.25) is 0 Å². The van der Waals surface area contributed by atoms with Crippen LogP contribution >= 0.6 is 0 Å². The normalized spacial score (nSPS) is 17.4. The number of nitriles is 1. The lowest BCUT2D eigenvalue weighted by molar-refractivity contribution is 0.241. The molecule has 0 aliphatic carbocycles. The van der Waals surface area contributed by atoms with Gasteiger partial charge in [-0.15, -0.1) is 0 Å².